The molecule has 3 saturated carbocycles. The quantitative estimate of drug-likeness (QED) is 0.228. The second kappa shape index (κ2) is 13.7. The molecular formula is C58H73N3O5. The van der Waals surface area contributed by atoms with E-state index < -0.39 is 16.4 Å². The van der Waals surface area contributed by atoms with E-state index in [4.69, 9.17) is 15.2 Å². The highest BCUT2D eigenvalue weighted by Gasteiger charge is 2.94. The summed E-state index contributed by atoms with van der Waals surface area (Å²) in [6.45, 7) is 7.70. The van der Waals surface area contributed by atoms with Crippen LogP contribution in [0.3, 0.4) is 0 Å². The molecule has 4 saturated heterocycles. The number of benzene rings is 1. The third-order valence-electron chi connectivity index (χ3n) is 23.1. The fourth-order valence-electron chi connectivity index (χ4n) is 21.2. The predicted octanol–water partition coefficient (Wildman–Crippen LogP) is 10.4. The Bertz CT molecular complexity index is 2480. The number of aryl methyl sites for hydroxylation is 1. The van der Waals surface area contributed by atoms with E-state index in [1.807, 2.05) is 0 Å². The lowest BCUT2D eigenvalue weighted by molar-refractivity contribution is -0.281. The fourth-order valence-corrected chi connectivity index (χ4v) is 21.2. The smallest absolute Gasteiger partial charge is 0.339 e. The molecule has 4 spiro atoms. The number of fused-ring (bicyclic) bond motifs is 8. The molecule has 7 fully saturated rings. The van der Waals surface area contributed by atoms with E-state index >= 15 is 9.59 Å². The first-order valence-corrected chi connectivity index (χ1v) is 27.5. The first-order valence-electron chi connectivity index (χ1n) is 27.5. The van der Waals surface area contributed by atoms with Gasteiger partial charge in [0, 0.05) is 60.2 Å². The molecule has 7 aliphatic carbocycles. The van der Waals surface area contributed by atoms with Crippen LogP contribution >= 0.6 is 0 Å². The van der Waals surface area contributed by atoms with Crippen LogP contribution in [0.25, 0.3) is 0 Å². The van der Waals surface area contributed by atoms with Crippen molar-refractivity contribution >= 4 is 11.9 Å². The van der Waals surface area contributed by atoms with Crippen LogP contribution in [0.15, 0.2) is 64.3 Å². The summed E-state index contributed by atoms with van der Waals surface area (Å²) in [7, 11) is 0. The number of nitrogens with zero attached hydrogens (tertiary/aromatic N) is 2. The van der Waals surface area contributed by atoms with Crippen LogP contribution in [0.2, 0.25) is 0 Å². The molecule has 14 aliphatic rings. The Kier molecular flexibility index (Phi) is 8.41. The number of aliphatic hydroxyl groups is 1. The van der Waals surface area contributed by atoms with Crippen molar-refractivity contribution in [2.45, 2.75) is 166 Å². The molecule has 8 nitrogen and oxygen atoms in total. The van der Waals surface area contributed by atoms with Crippen molar-refractivity contribution in [1.82, 2.24) is 9.80 Å². The number of rotatable bonds is 4. The Balaban J connectivity index is 1.03. The molecule has 1 aromatic carbocycles. The summed E-state index contributed by atoms with van der Waals surface area (Å²) in [5, 5.41) is 14.0. The van der Waals surface area contributed by atoms with Gasteiger partial charge in [0.1, 0.15) is 11.2 Å². The molecule has 7 heterocycles. The second-order valence-electron chi connectivity index (χ2n) is 25.4. The monoisotopic (exact) mass is 892 g/mol. The molecular weight excluding hydrogens is 819 g/mol. The predicted molar refractivity (Wildman–Crippen MR) is 251 cm³/mol. The highest BCUT2D eigenvalue weighted by Crippen LogP contribution is 2.88. The summed E-state index contributed by atoms with van der Waals surface area (Å²) < 4.78 is 14.5. The number of ether oxygens (including phenoxy) is 2. The zero-order valence-electron chi connectivity index (χ0n) is 39.7. The van der Waals surface area contributed by atoms with Crippen LogP contribution in [-0.4, -0.2) is 64.6 Å². The summed E-state index contributed by atoms with van der Waals surface area (Å²) in [6.07, 6.45) is 27.2. The third-order valence-corrected chi connectivity index (χ3v) is 23.1. The minimum Gasteiger partial charge on any atom is -0.508 e. The summed E-state index contributed by atoms with van der Waals surface area (Å²) in [6, 6.07) is 7.66. The molecule has 7 aliphatic heterocycles. The maximum atomic E-state index is 16.3. The molecule has 1 aromatic rings. The zero-order valence-corrected chi connectivity index (χ0v) is 39.7. The van der Waals surface area contributed by atoms with Gasteiger partial charge in [-0.25, -0.2) is 4.79 Å². The maximum absolute atomic E-state index is 16.3. The van der Waals surface area contributed by atoms with Crippen molar-refractivity contribution in [1.29, 1.82) is 0 Å². The molecule has 15 rings (SSSR count). The van der Waals surface area contributed by atoms with E-state index in [1.54, 1.807) is 11.3 Å². The van der Waals surface area contributed by atoms with Crippen LogP contribution in [0, 0.1) is 75.4 Å². The van der Waals surface area contributed by atoms with Crippen molar-refractivity contribution in [2.75, 3.05) is 19.6 Å². The first kappa shape index (κ1) is 40.5. The Hall–Kier alpha value is -3.36. The van der Waals surface area contributed by atoms with E-state index in [1.165, 1.54) is 94.7 Å². The summed E-state index contributed by atoms with van der Waals surface area (Å²) in [5.74, 6) is 3.41. The Morgan fingerprint density at radius 2 is 1.74 bits per heavy atom. The highest BCUT2D eigenvalue weighted by atomic mass is 16.6. The number of carbonyl (C=O) groups excluding carboxylic acids is 2. The number of allylic oxidation sites excluding steroid dienone is 4. The molecule has 0 radical (unpaired) electrons. The SMILES string of the molecule is C[C@@H]1/C=C\[C@@H]2C[C@@H]3[C@@H]4C5=C2[C@]26C(=O)O/C(=C(/O)[C@@H]7CC[C@@H]8[C@H]9C[C@@H](CN8[C@@H]7[C@@H]7CCCC8(CCCC8)C7)[C@H]7CCC(=C4N7C9)C[C@H]3C)[C@@]2(CC5)[C@]2(OC(=O)c3c(CCCN)cccc32)[C@H]6C1. The number of carbonyl (C=O) groups is 2. The lowest BCUT2D eigenvalue weighted by Crippen LogP contribution is -2.78. The van der Waals surface area contributed by atoms with Gasteiger partial charge in [0.2, 0.25) is 0 Å². The minimum atomic E-state index is -1.13. The van der Waals surface area contributed by atoms with Gasteiger partial charge >= 0.3 is 11.9 Å². The lowest BCUT2D eigenvalue weighted by Gasteiger charge is -2.73. The maximum Gasteiger partial charge on any atom is 0.339 e. The van der Waals surface area contributed by atoms with Crippen molar-refractivity contribution in [3.8, 4) is 0 Å². The average Bonchev–Trinajstić information content (AvgIpc) is 3.98. The van der Waals surface area contributed by atoms with Crippen LogP contribution in [0.1, 0.15) is 157 Å². The van der Waals surface area contributed by atoms with Crippen molar-refractivity contribution in [3.63, 3.8) is 0 Å². The summed E-state index contributed by atoms with van der Waals surface area (Å²) >= 11 is 0. The number of hydrogen-bond donors (Lipinski definition) is 2. The van der Waals surface area contributed by atoms with Crippen LogP contribution in [-0.2, 0) is 26.3 Å². The van der Waals surface area contributed by atoms with E-state index in [9.17, 15) is 5.11 Å². The van der Waals surface area contributed by atoms with Gasteiger partial charge in [0.05, 0.1) is 11.0 Å². The Morgan fingerprint density at radius 3 is 2.61 bits per heavy atom. The Labute approximate surface area is 392 Å². The third kappa shape index (κ3) is 4.64. The topological polar surface area (TPSA) is 105 Å². The van der Waals surface area contributed by atoms with Gasteiger partial charge in [-0.2, -0.15) is 0 Å². The van der Waals surface area contributed by atoms with E-state index in [0.29, 0.717) is 95.9 Å². The number of hydrogen-bond acceptors (Lipinski definition) is 8. The van der Waals surface area contributed by atoms with Crippen molar-refractivity contribution in [3.05, 3.63) is 81.0 Å². The molecule has 0 aromatic heterocycles. The van der Waals surface area contributed by atoms with Gasteiger partial charge in [0.15, 0.2) is 11.4 Å². The van der Waals surface area contributed by atoms with Gasteiger partial charge in [-0.05, 0) is 174 Å². The van der Waals surface area contributed by atoms with E-state index in [-0.39, 0.29) is 41.7 Å². The molecule has 8 heteroatoms. The summed E-state index contributed by atoms with van der Waals surface area (Å²) in [4.78, 5) is 37.4. The van der Waals surface area contributed by atoms with Crippen molar-refractivity contribution < 1.29 is 24.2 Å². The molecule has 350 valence electrons. The molecule has 3 N–H and O–H groups in total. The van der Waals surface area contributed by atoms with Gasteiger partial charge in [-0.1, -0.05) is 74.6 Å². The molecule has 7 bridgehead atoms. The minimum absolute atomic E-state index is 0.103. The number of aliphatic hydroxyl groups excluding tert-OH is 1. The fraction of sp³-hybridized carbons (Fsp3) is 0.724. The lowest BCUT2D eigenvalue weighted by atomic mass is 9.27. The standard InChI is InChI=1S/C58H73N3O5/c1-31-12-13-34-27-41-32(2)25-35-14-16-43-37-26-38-30-61(43)50(35)47(41)39-18-22-56-52(51(62)40-15-17-44(38)60(29-37)49(40)36-9-6-21-55(28-36)19-3-4-20-55)65-54(64)57(56,48(34)39)45(24-31)58(56)42-11-5-8-33(10-7-23-59)46(42)53(63)66-58/h5,8,11-13,31-32,34,36-38,40-41,43-45,47,49,62H,3-4,6-7,9-10,14-30,59H2,1-2H3/b13-12-,52-51+/t31-,32-,34-,36-,37+,38+,40-,41+,43-,44-,45+,47+,49-,56-,57-,58-/m1/s1. The normalized spacial score (nSPS) is 49.0. The van der Waals surface area contributed by atoms with Gasteiger partial charge in [-0.15, -0.1) is 0 Å². The van der Waals surface area contributed by atoms with E-state index in [0.717, 1.165) is 49.8 Å². The molecule has 66 heavy (non-hydrogen) atoms. The molecule has 16 atom stereocenters. The van der Waals surface area contributed by atoms with Crippen molar-refractivity contribution in [2.24, 2.45) is 81.2 Å². The number of piperidine rings is 3. The first-order chi connectivity index (χ1) is 32.1. The highest BCUT2D eigenvalue weighted by molar-refractivity contribution is 6.00. The average molecular weight is 892 g/mol. The largest absolute Gasteiger partial charge is 0.508 e. The number of nitrogens with two attached hydrogens (primary N) is 1. The van der Waals surface area contributed by atoms with E-state index in [2.05, 4.69) is 54.0 Å². The van der Waals surface area contributed by atoms with Gasteiger partial charge in [-0.3, -0.25) is 9.69 Å². The Morgan fingerprint density at radius 1 is 0.894 bits per heavy atom. The second-order valence-corrected chi connectivity index (χ2v) is 25.4. The molecule has 0 unspecified atom stereocenters. The van der Waals surface area contributed by atoms with Crippen LogP contribution < -0.4 is 5.73 Å². The van der Waals surface area contributed by atoms with Gasteiger partial charge < -0.3 is 25.2 Å². The van der Waals surface area contributed by atoms with Gasteiger partial charge in [0.25, 0.3) is 0 Å². The van der Waals surface area contributed by atoms with Crippen LogP contribution in [0.4, 0.5) is 0 Å². The summed E-state index contributed by atoms with van der Waals surface area (Å²) in [5.41, 5.74) is 12.2. The number of esters is 2. The molecule has 0 amide bonds. The zero-order chi connectivity index (χ0) is 44.2. The van der Waals surface area contributed by atoms with Crippen LogP contribution in [0.5, 0.6) is 0 Å².